The van der Waals surface area contributed by atoms with Crippen LogP contribution in [-0.4, -0.2) is 45.7 Å². The lowest BCUT2D eigenvalue weighted by molar-refractivity contribution is -0.0365. The minimum Gasteiger partial charge on any atom is -0.391 e. The molecule has 0 bridgehead atoms. The molecular formula is C16H21ClN4O2. The Bertz CT molecular complexity index is 703. The molecule has 2 aromatic heterocycles. The Morgan fingerprint density at radius 2 is 2.22 bits per heavy atom. The number of hydrogen-bond donors (Lipinski definition) is 1. The lowest BCUT2D eigenvalue weighted by Gasteiger charge is -2.23. The van der Waals surface area contributed by atoms with Gasteiger partial charge in [-0.3, -0.25) is 0 Å². The average Bonchev–Trinajstić information content (AvgIpc) is 3.08. The second-order valence-electron chi connectivity index (χ2n) is 6.56. The molecule has 2 fully saturated rings. The van der Waals surface area contributed by atoms with E-state index in [1.165, 1.54) is 0 Å². The number of ether oxygens (including phenoxy) is 1. The molecule has 0 aromatic carbocycles. The van der Waals surface area contributed by atoms with Gasteiger partial charge in [0, 0.05) is 37.9 Å². The summed E-state index contributed by atoms with van der Waals surface area (Å²) in [6.07, 6.45) is 4.59. The number of halogens is 1. The van der Waals surface area contributed by atoms with E-state index < -0.39 is 0 Å². The molecule has 3 atom stereocenters. The molecule has 0 amide bonds. The number of hydrogen-bond acceptors (Lipinski definition) is 5. The second-order valence-corrected chi connectivity index (χ2v) is 6.95. The van der Waals surface area contributed by atoms with Gasteiger partial charge in [-0.2, -0.15) is 5.10 Å². The predicted molar refractivity (Wildman–Crippen MR) is 88.8 cm³/mol. The lowest BCUT2D eigenvalue weighted by Crippen LogP contribution is -2.23. The summed E-state index contributed by atoms with van der Waals surface area (Å²) in [4.78, 5) is 6.35. The Labute approximate surface area is 140 Å². The maximum atomic E-state index is 10.1. The van der Waals surface area contributed by atoms with Gasteiger partial charge in [0.05, 0.1) is 17.0 Å². The summed E-state index contributed by atoms with van der Waals surface area (Å²) in [5, 5.41) is 16.3. The summed E-state index contributed by atoms with van der Waals surface area (Å²) in [6.45, 7) is 4.21. The molecule has 4 heterocycles. The van der Waals surface area contributed by atoms with Crippen LogP contribution in [0.4, 0.5) is 5.82 Å². The number of fused-ring (bicyclic) bond motifs is 1. The third-order valence-electron chi connectivity index (χ3n) is 4.84. The van der Waals surface area contributed by atoms with Crippen LogP contribution in [0.25, 0.3) is 10.9 Å². The van der Waals surface area contributed by atoms with Crippen molar-refractivity contribution in [2.75, 3.05) is 24.6 Å². The third kappa shape index (κ3) is 2.69. The molecule has 23 heavy (non-hydrogen) atoms. The van der Waals surface area contributed by atoms with Crippen LogP contribution in [0, 0.1) is 5.92 Å². The standard InChI is InChI=1S/C16H21ClN4O2/c1-10-8-20(9-13(10)22)16-11-7-18-14(17)6-12(11)21(19-16)15-4-2-3-5-23-15/h6-7,10,13,15,22H,2-5,8-9H2,1H3. The van der Waals surface area contributed by atoms with Crippen LogP contribution in [0.2, 0.25) is 5.15 Å². The molecule has 0 aliphatic carbocycles. The normalized spacial score (nSPS) is 28.7. The quantitative estimate of drug-likeness (QED) is 0.854. The number of aromatic nitrogens is 3. The van der Waals surface area contributed by atoms with Crippen LogP contribution in [0.3, 0.4) is 0 Å². The van der Waals surface area contributed by atoms with Crippen LogP contribution < -0.4 is 4.90 Å². The highest BCUT2D eigenvalue weighted by Gasteiger charge is 2.32. The van der Waals surface area contributed by atoms with Crippen LogP contribution in [0.15, 0.2) is 12.3 Å². The van der Waals surface area contributed by atoms with Gasteiger partial charge in [-0.15, -0.1) is 0 Å². The Morgan fingerprint density at radius 3 is 2.91 bits per heavy atom. The van der Waals surface area contributed by atoms with Gasteiger partial charge >= 0.3 is 0 Å². The van der Waals surface area contributed by atoms with Gasteiger partial charge in [-0.05, 0) is 19.3 Å². The number of pyridine rings is 1. The van der Waals surface area contributed by atoms with Crippen molar-refractivity contribution < 1.29 is 9.84 Å². The van der Waals surface area contributed by atoms with Crippen molar-refractivity contribution in [3.05, 3.63) is 17.4 Å². The molecule has 2 aromatic rings. The predicted octanol–water partition coefficient (Wildman–Crippen LogP) is 2.60. The molecule has 0 saturated carbocycles. The molecule has 0 spiro atoms. The maximum Gasteiger partial charge on any atom is 0.160 e. The molecule has 3 unspecified atom stereocenters. The molecule has 4 rings (SSSR count). The SMILES string of the molecule is CC1CN(c2nn(C3CCCCO3)c3cc(Cl)ncc23)CC1O. The number of aliphatic hydroxyl groups excluding tert-OH is 1. The molecule has 1 N–H and O–H groups in total. The van der Waals surface area contributed by atoms with E-state index in [1.54, 1.807) is 6.20 Å². The minimum absolute atomic E-state index is 0.0524. The Balaban J connectivity index is 1.79. The molecule has 124 valence electrons. The van der Waals surface area contributed by atoms with Crippen molar-refractivity contribution >= 4 is 28.3 Å². The minimum atomic E-state index is -0.318. The van der Waals surface area contributed by atoms with Crippen LogP contribution in [0.5, 0.6) is 0 Å². The monoisotopic (exact) mass is 336 g/mol. The zero-order valence-electron chi connectivity index (χ0n) is 13.2. The van der Waals surface area contributed by atoms with E-state index >= 15 is 0 Å². The zero-order chi connectivity index (χ0) is 16.0. The van der Waals surface area contributed by atoms with Crippen molar-refractivity contribution in [1.29, 1.82) is 0 Å². The summed E-state index contributed by atoms with van der Waals surface area (Å²) in [6, 6.07) is 1.85. The Kier molecular flexibility index (Phi) is 3.91. The third-order valence-corrected chi connectivity index (χ3v) is 5.05. The lowest BCUT2D eigenvalue weighted by atomic mass is 10.1. The smallest absolute Gasteiger partial charge is 0.160 e. The van der Waals surface area contributed by atoms with Crippen molar-refractivity contribution in [2.24, 2.45) is 5.92 Å². The van der Waals surface area contributed by atoms with Crippen LogP contribution in [-0.2, 0) is 4.74 Å². The number of β-amino-alcohol motifs (C(OH)–C–C–N with tert-alkyl or cyclic N) is 1. The molecule has 2 aliphatic heterocycles. The molecule has 7 heteroatoms. The highest BCUT2D eigenvalue weighted by Crippen LogP contribution is 2.34. The summed E-state index contributed by atoms with van der Waals surface area (Å²) in [5.74, 6) is 1.10. The first kappa shape index (κ1) is 15.2. The topological polar surface area (TPSA) is 63.4 Å². The molecule has 0 radical (unpaired) electrons. The van der Waals surface area contributed by atoms with Crippen LogP contribution in [0.1, 0.15) is 32.4 Å². The van der Waals surface area contributed by atoms with E-state index in [-0.39, 0.29) is 18.2 Å². The maximum absolute atomic E-state index is 10.1. The van der Waals surface area contributed by atoms with E-state index in [0.29, 0.717) is 11.7 Å². The second kappa shape index (κ2) is 5.92. The van der Waals surface area contributed by atoms with Gasteiger partial charge in [0.1, 0.15) is 5.15 Å². The van der Waals surface area contributed by atoms with Crippen molar-refractivity contribution in [2.45, 2.75) is 38.5 Å². The van der Waals surface area contributed by atoms with E-state index in [4.69, 9.17) is 21.4 Å². The fourth-order valence-electron chi connectivity index (χ4n) is 3.48. The summed E-state index contributed by atoms with van der Waals surface area (Å²) < 4.78 is 7.84. The van der Waals surface area contributed by atoms with Crippen molar-refractivity contribution in [1.82, 2.24) is 14.8 Å². The largest absolute Gasteiger partial charge is 0.391 e. The Hall–Kier alpha value is -1.37. The number of rotatable bonds is 2. The number of aliphatic hydroxyl groups is 1. The fraction of sp³-hybridized carbons (Fsp3) is 0.625. The first-order valence-corrected chi connectivity index (χ1v) is 8.59. The van der Waals surface area contributed by atoms with E-state index in [9.17, 15) is 5.11 Å². The van der Waals surface area contributed by atoms with Gasteiger partial charge < -0.3 is 14.7 Å². The van der Waals surface area contributed by atoms with Gasteiger partial charge in [-0.1, -0.05) is 18.5 Å². The van der Waals surface area contributed by atoms with E-state index in [2.05, 4.69) is 16.8 Å². The zero-order valence-corrected chi connectivity index (χ0v) is 13.9. The van der Waals surface area contributed by atoms with Gasteiger partial charge in [0.2, 0.25) is 0 Å². The number of nitrogens with zero attached hydrogens (tertiary/aromatic N) is 4. The first-order valence-electron chi connectivity index (χ1n) is 8.22. The van der Waals surface area contributed by atoms with Crippen LogP contribution >= 0.6 is 11.6 Å². The highest BCUT2D eigenvalue weighted by molar-refractivity contribution is 6.30. The van der Waals surface area contributed by atoms with Gasteiger partial charge in [-0.25, -0.2) is 9.67 Å². The highest BCUT2D eigenvalue weighted by atomic mass is 35.5. The Morgan fingerprint density at radius 1 is 1.35 bits per heavy atom. The van der Waals surface area contributed by atoms with E-state index in [1.807, 2.05) is 10.7 Å². The van der Waals surface area contributed by atoms with Crippen molar-refractivity contribution in [3.63, 3.8) is 0 Å². The molecule has 2 saturated heterocycles. The molecule has 6 nitrogen and oxygen atoms in total. The number of anilines is 1. The average molecular weight is 337 g/mol. The van der Waals surface area contributed by atoms with E-state index in [0.717, 1.165) is 49.1 Å². The van der Waals surface area contributed by atoms with Gasteiger partial charge in [0.25, 0.3) is 0 Å². The van der Waals surface area contributed by atoms with Gasteiger partial charge in [0.15, 0.2) is 12.0 Å². The summed E-state index contributed by atoms with van der Waals surface area (Å²) >= 11 is 6.10. The first-order chi connectivity index (χ1) is 11.1. The van der Waals surface area contributed by atoms with Crippen molar-refractivity contribution in [3.8, 4) is 0 Å². The molecular weight excluding hydrogens is 316 g/mol. The molecule has 2 aliphatic rings. The summed E-state index contributed by atoms with van der Waals surface area (Å²) in [5.41, 5.74) is 0.945. The summed E-state index contributed by atoms with van der Waals surface area (Å²) in [7, 11) is 0. The fourth-order valence-corrected chi connectivity index (χ4v) is 3.64.